The molecule has 1 atom stereocenters. The third kappa shape index (κ3) is 3.19. The molecule has 0 saturated heterocycles. The van der Waals surface area contributed by atoms with E-state index in [9.17, 15) is 0 Å². The fourth-order valence-corrected chi connectivity index (χ4v) is 2.68. The highest BCUT2D eigenvalue weighted by molar-refractivity contribution is 5.49. The Morgan fingerprint density at radius 3 is 3.14 bits per heavy atom. The fraction of sp³-hybridized carbons (Fsp3) is 0.438. The zero-order valence-electron chi connectivity index (χ0n) is 12.5. The van der Waals surface area contributed by atoms with Crippen LogP contribution in [0.15, 0.2) is 30.6 Å². The van der Waals surface area contributed by atoms with Gasteiger partial charge in [-0.15, -0.1) is 0 Å². The molecule has 1 unspecified atom stereocenters. The van der Waals surface area contributed by atoms with Gasteiger partial charge in [-0.2, -0.15) is 5.10 Å². The van der Waals surface area contributed by atoms with Crippen molar-refractivity contribution in [2.24, 2.45) is 0 Å². The molecule has 2 aromatic rings. The maximum absolute atomic E-state index is 5.93. The molecule has 21 heavy (non-hydrogen) atoms. The van der Waals surface area contributed by atoms with Gasteiger partial charge < -0.3 is 14.8 Å². The SMILES string of the molecule is COc1cc(CNCCn2cccn2)c2c(c1)CC(C)O2. The average Bonchev–Trinajstić information content (AvgIpc) is 3.11. The number of aromatic nitrogens is 2. The molecule has 0 aliphatic carbocycles. The predicted octanol–water partition coefficient (Wildman–Crippen LogP) is 2.00. The first-order valence-corrected chi connectivity index (χ1v) is 7.31. The highest BCUT2D eigenvalue weighted by Gasteiger charge is 2.23. The topological polar surface area (TPSA) is 48.3 Å². The average molecular weight is 287 g/mol. The minimum atomic E-state index is 0.245. The van der Waals surface area contributed by atoms with Crippen molar-refractivity contribution >= 4 is 0 Å². The third-order valence-electron chi connectivity index (χ3n) is 3.67. The van der Waals surface area contributed by atoms with Gasteiger partial charge in [-0.25, -0.2) is 0 Å². The highest BCUT2D eigenvalue weighted by Crippen LogP contribution is 2.36. The van der Waals surface area contributed by atoms with Crippen LogP contribution in [0.4, 0.5) is 0 Å². The van der Waals surface area contributed by atoms with E-state index in [2.05, 4.69) is 29.5 Å². The number of methoxy groups -OCH3 is 1. The molecule has 3 rings (SSSR count). The summed E-state index contributed by atoms with van der Waals surface area (Å²) in [6.45, 7) is 4.59. The number of nitrogens with zero attached hydrogens (tertiary/aromatic N) is 2. The molecule has 0 saturated carbocycles. The molecule has 0 spiro atoms. The molecule has 1 N–H and O–H groups in total. The molecule has 5 nitrogen and oxygen atoms in total. The van der Waals surface area contributed by atoms with Crippen molar-refractivity contribution in [2.45, 2.75) is 32.5 Å². The lowest BCUT2D eigenvalue weighted by Gasteiger charge is -2.12. The summed E-state index contributed by atoms with van der Waals surface area (Å²) in [6.07, 6.45) is 4.96. The summed E-state index contributed by atoms with van der Waals surface area (Å²) in [5, 5.41) is 7.63. The summed E-state index contributed by atoms with van der Waals surface area (Å²) >= 11 is 0. The van der Waals surface area contributed by atoms with Crippen LogP contribution in [0, 0.1) is 0 Å². The Bertz CT molecular complexity index is 596. The molecule has 1 aromatic carbocycles. The number of ether oxygens (including phenoxy) is 2. The van der Waals surface area contributed by atoms with E-state index in [0.29, 0.717) is 0 Å². The predicted molar refractivity (Wildman–Crippen MR) is 80.7 cm³/mol. The van der Waals surface area contributed by atoms with E-state index in [1.54, 1.807) is 13.3 Å². The standard InChI is InChI=1S/C16H21N3O2/c1-12-8-13-9-15(20-2)10-14(16(13)21-12)11-17-5-7-19-6-3-4-18-19/h3-4,6,9-10,12,17H,5,7-8,11H2,1-2H3. The lowest BCUT2D eigenvalue weighted by atomic mass is 10.1. The van der Waals surface area contributed by atoms with Gasteiger partial charge in [-0.05, 0) is 25.1 Å². The summed E-state index contributed by atoms with van der Waals surface area (Å²) in [7, 11) is 1.70. The lowest BCUT2D eigenvalue weighted by molar-refractivity contribution is 0.252. The quantitative estimate of drug-likeness (QED) is 0.826. The van der Waals surface area contributed by atoms with Gasteiger partial charge >= 0.3 is 0 Å². The summed E-state index contributed by atoms with van der Waals surface area (Å²) in [4.78, 5) is 0. The Hall–Kier alpha value is -2.01. The number of rotatable bonds is 6. The van der Waals surface area contributed by atoms with Crippen molar-refractivity contribution in [2.75, 3.05) is 13.7 Å². The Morgan fingerprint density at radius 1 is 1.48 bits per heavy atom. The summed E-state index contributed by atoms with van der Waals surface area (Å²) in [5.74, 6) is 1.92. The van der Waals surface area contributed by atoms with Crippen molar-refractivity contribution in [3.8, 4) is 11.5 Å². The molecule has 1 aliphatic rings. The van der Waals surface area contributed by atoms with Gasteiger partial charge in [0.1, 0.15) is 17.6 Å². The third-order valence-corrected chi connectivity index (χ3v) is 3.67. The van der Waals surface area contributed by atoms with Crippen molar-refractivity contribution in [3.05, 3.63) is 41.7 Å². The van der Waals surface area contributed by atoms with Crippen LogP contribution in [0.5, 0.6) is 11.5 Å². The molecule has 0 amide bonds. The van der Waals surface area contributed by atoms with E-state index < -0.39 is 0 Å². The normalized spacial score (nSPS) is 16.6. The van der Waals surface area contributed by atoms with Crippen LogP contribution >= 0.6 is 0 Å². The summed E-state index contributed by atoms with van der Waals surface area (Å²) < 4.78 is 13.2. The first-order chi connectivity index (χ1) is 10.3. The monoisotopic (exact) mass is 287 g/mol. The van der Waals surface area contributed by atoms with Crippen LogP contribution in [0.3, 0.4) is 0 Å². The van der Waals surface area contributed by atoms with Gasteiger partial charge in [-0.1, -0.05) is 0 Å². The largest absolute Gasteiger partial charge is 0.497 e. The molecule has 0 fully saturated rings. The van der Waals surface area contributed by atoms with Crippen molar-refractivity contribution in [1.82, 2.24) is 15.1 Å². The van der Waals surface area contributed by atoms with E-state index in [1.165, 1.54) is 5.56 Å². The van der Waals surface area contributed by atoms with E-state index in [0.717, 1.165) is 43.1 Å². The molecular weight excluding hydrogens is 266 g/mol. The molecule has 0 radical (unpaired) electrons. The number of hydrogen-bond acceptors (Lipinski definition) is 4. The second-order valence-electron chi connectivity index (χ2n) is 5.35. The zero-order chi connectivity index (χ0) is 14.7. The van der Waals surface area contributed by atoms with Crippen LogP contribution in [-0.4, -0.2) is 29.5 Å². The van der Waals surface area contributed by atoms with Gasteiger partial charge in [0.05, 0.1) is 13.7 Å². The molecule has 5 heteroatoms. The smallest absolute Gasteiger partial charge is 0.127 e. The zero-order valence-corrected chi connectivity index (χ0v) is 12.5. The number of hydrogen-bond donors (Lipinski definition) is 1. The van der Waals surface area contributed by atoms with Crippen molar-refractivity contribution < 1.29 is 9.47 Å². The maximum atomic E-state index is 5.93. The lowest BCUT2D eigenvalue weighted by Crippen LogP contribution is -2.20. The van der Waals surface area contributed by atoms with E-state index >= 15 is 0 Å². The summed E-state index contributed by atoms with van der Waals surface area (Å²) in [6, 6.07) is 6.06. The van der Waals surface area contributed by atoms with Crippen LogP contribution in [-0.2, 0) is 19.5 Å². The Labute approximate surface area is 124 Å². The highest BCUT2D eigenvalue weighted by atomic mass is 16.5. The van der Waals surface area contributed by atoms with Gasteiger partial charge in [0, 0.05) is 43.0 Å². The van der Waals surface area contributed by atoms with E-state index in [4.69, 9.17) is 9.47 Å². The molecule has 112 valence electrons. The number of nitrogens with one attached hydrogen (secondary N) is 1. The first kappa shape index (κ1) is 13.9. The molecule has 1 aliphatic heterocycles. The van der Waals surface area contributed by atoms with Gasteiger partial charge in [-0.3, -0.25) is 4.68 Å². The van der Waals surface area contributed by atoms with Gasteiger partial charge in [0.15, 0.2) is 0 Å². The van der Waals surface area contributed by atoms with E-state index in [1.807, 2.05) is 16.9 Å². The van der Waals surface area contributed by atoms with Crippen molar-refractivity contribution in [3.63, 3.8) is 0 Å². The number of benzene rings is 1. The fourth-order valence-electron chi connectivity index (χ4n) is 2.68. The molecule has 2 heterocycles. The minimum Gasteiger partial charge on any atom is -0.497 e. The second-order valence-corrected chi connectivity index (χ2v) is 5.35. The Balaban J connectivity index is 1.63. The van der Waals surface area contributed by atoms with Crippen molar-refractivity contribution in [1.29, 1.82) is 0 Å². The number of fused-ring (bicyclic) bond motifs is 1. The Kier molecular flexibility index (Phi) is 4.10. The van der Waals surface area contributed by atoms with Crippen LogP contribution in [0.2, 0.25) is 0 Å². The van der Waals surface area contributed by atoms with Crippen LogP contribution < -0.4 is 14.8 Å². The minimum absolute atomic E-state index is 0.245. The van der Waals surface area contributed by atoms with E-state index in [-0.39, 0.29) is 6.10 Å². The van der Waals surface area contributed by atoms with Gasteiger partial charge in [0.25, 0.3) is 0 Å². The Morgan fingerprint density at radius 2 is 2.38 bits per heavy atom. The summed E-state index contributed by atoms with van der Waals surface area (Å²) in [5.41, 5.74) is 2.40. The first-order valence-electron chi connectivity index (χ1n) is 7.31. The maximum Gasteiger partial charge on any atom is 0.127 e. The second kappa shape index (κ2) is 6.18. The van der Waals surface area contributed by atoms with Crippen LogP contribution in [0.1, 0.15) is 18.1 Å². The molecule has 1 aromatic heterocycles. The van der Waals surface area contributed by atoms with Gasteiger partial charge in [0.2, 0.25) is 0 Å². The van der Waals surface area contributed by atoms with Crippen LogP contribution in [0.25, 0.3) is 0 Å². The molecule has 0 bridgehead atoms. The molecular formula is C16H21N3O2.